The minimum Gasteiger partial charge on any atom is -0.348 e. The predicted octanol–water partition coefficient (Wildman–Crippen LogP) is 4.03. The van der Waals surface area contributed by atoms with Crippen LogP contribution in [-0.2, 0) is 16.6 Å². The third kappa shape index (κ3) is 4.98. The lowest BCUT2D eigenvalue weighted by Crippen LogP contribution is -2.23. The predicted molar refractivity (Wildman–Crippen MR) is 111 cm³/mol. The Hall–Kier alpha value is -3.12. The molecule has 0 heterocycles. The summed E-state index contributed by atoms with van der Waals surface area (Å²) in [6.07, 6.45) is 0. The van der Waals surface area contributed by atoms with Gasteiger partial charge in [0, 0.05) is 17.8 Å². The number of anilines is 1. The van der Waals surface area contributed by atoms with Crippen molar-refractivity contribution in [3.63, 3.8) is 0 Å². The Morgan fingerprint density at radius 2 is 1.57 bits per heavy atom. The molecular weight excluding hydrogens is 372 g/mol. The SMILES string of the molecule is Cc1ccc(CNC(=O)c2cccc(S(=O)(=O)Nc3cccc(C)c3)c2)cc1. The summed E-state index contributed by atoms with van der Waals surface area (Å²) in [6.45, 7) is 4.26. The van der Waals surface area contributed by atoms with E-state index >= 15 is 0 Å². The molecule has 0 bridgehead atoms. The van der Waals surface area contributed by atoms with Crippen LogP contribution in [0.2, 0.25) is 0 Å². The Labute approximate surface area is 165 Å². The Bertz CT molecular complexity index is 1090. The number of hydrogen-bond donors (Lipinski definition) is 2. The Balaban J connectivity index is 1.73. The molecule has 0 aliphatic heterocycles. The van der Waals surface area contributed by atoms with Crippen molar-refractivity contribution < 1.29 is 13.2 Å². The summed E-state index contributed by atoms with van der Waals surface area (Å²) < 4.78 is 27.9. The van der Waals surface area contributed by atoms with E-state index in [1.165, 1.54) is 12.1 Å². The molecule has 144 valence electrons. The first-order valence-corrected chi connectivity index (χ1v) is 10.4. The molecule has 6 heteroatoms. The number of carbonyl (C=O) groups excluding carboxylic acids is 1. The summed E-state index contributed by atoms with van der Waals surface area (Å²) >= 11 is 0. The van der Waals surface area contributed by atoms with Gasteiger partial charge in [0.25, 0.3) is 15.9 Å². The largest absolute Gasteiger partial charge is 0.348 e. The smallest absolute Gasteiger partial charge is 0.261 e. The number of rotatable bonds is 6. The molecule has 0 saturated heterocycles. The number of sulfonamides is 1. The molecule has 1 amide bonds. The summed E-state index contributed by atoms with van der Waals surface area (Å²) in [5.74, 6) is -0.326. The molecule has 0 aliphatic carbocycles. The second-order valence-electron chi connectivity index (χ2n) is 6.67. The van der Waals surface area contributed by atoms with E-state index in [4.69, 9.17) is 0 Å². The van der Waals surface area contributed by atoms with Gasteiger partial charge in [-0.3, -0.25) is 9.52 Å². The van der Waals surface area contributed by atoms with Crippen LogP contribution in [0.1, 0.15) is 27.0 Å². The van der Waals surface area contributed by atoms with E-state index in [-0.39, 0.29) is 10.8 Å². The second-order valence-corrected chi connectivity index (χ2v) is 8.35. The van der Waals surface area contributed by atoms with Crippen LogP contribution in [0.5, 0.6) is 0 Å². The van der Waals surface area contributed by atoms with Crippen LogP contribution in [0, 0.1) is 13.8 Å². The van der Waals surface area contributed by atoms with Crippen LogP contribution in [-0.4, -0.2) is 14.3 Å². The zero-order valence-electron chi connectivity index (χ0n) is 15.8. The highest BCUT2D eigenvalue weighted by molar-refractivity contribution is 7.92. The van der Waals surface area contributed by atoms with E-state index in [1.807, 2.05) is 44.2 Å². The molecule has 0 aromatic heterocycles. The first-order valence-electron chi connectivity index (χ1n) is 8.87. The van der Waals surface area contributed by atoms with Crippen LogP contribution in [0.4, 0.5) is 5.69 Å². The van der Waals surface area contributed by atoms with Gasteiger partial charge in [-0.25, -0.2) is 8.42 Å². The molecule has 0 atom stereocenters. The molecule has 0 saturated carbocycles. The van der Waals surface area contributed by atoms with Crippen molar-refractivity contribution in [3.05, 3.63) is 95.1 Å². The maximum atomic E-state index is 12.7. The number of hydrogen-bond acceptors (Lipinski definition) is 3. The minimum absolute atomic E-state index is 0.0389. The van der Waals surface area contributed by atoms with Gasteiger partial charge in [0.05, 0.1) is 4.90 Å². The van der Waals surface area contributed by atoms with Gasteiger partial charge in [-0.05, 0) is 55.3 Å². The maximum Gasteiger partial charge on any atom is 0.261 e. The van der Waals surface area contributed by atoms with Crippen molar-refractivity contribution in [3.8, 4) is 0 Å². The molecule has 0 unspecified atom stereocenters. The van der Waals surface area contributed by atoms with Gasteiger partial charge < -0.3 is 5.32 Å². The number of carbonyl (C=O) groups is 1. The lowest BCUT2D eigenvalue weighted by molar-refractivity contribution is 0.0950. The molecule has 0 spiro atoms. The fourth-order valence-electron chi connectivity index (χ4n) is 2.72. The Morgan fingerprint density at radius 3 is 2.29 bits per heavy atom. The monoisotopic (exact) mass is 394 g/mol. The Kier molecular flexibility index (Phi) is 5.80. The Morgan fingerprint density at radius 1 is 0.857 bits per heavy atom. The van der Waals surface area contributed by atoms with Gasteiger partial charge in [0.1, 0.15) is 0 Å². The molecule has 0 aliphatic rings. The van der Waals surface area contributed by atoms with Crippen LogP contribution in [0.15, 0.2) is 77.7 Å². The van der Waals surface area contributed by atoms with Gasteiger partial charge in [-0.15, -0.1) is 0 Å². The topological polar surface area (TPSA) is 75.3 Å². The van der Waals surface area contributed by atoms with Crippen LogP contribution >= 0.6 is 0 Å². The molecule has 0 radical (unpaired) electrons. The first-order chi connectivity index (χ1) is 13.3. The van der Waals surface area contributed by atoms with E-state index in [1.54, 1.807) is 30.3 Å². The standard InChI is InChI=1S/C22H22N2O3S/c1-16-9-11-18(12-10-16)15-23-22(25)19-6-4-8-21(14-19)28(26,27)24-20-7-3-5-17(2)13-20/h3-14,24H,15H2,1-2H3,(H,23,25). The molecule has 2 N–H and O–H groups in total. The quantitative estimate of drug-likeness (QED) is 0.663. The highest BCUT2D eigenvalue weighted by atomic mass is 32.2. The summed E-state index contributed by atoms with van der Waals surface area (Å²) in [5, 5.41) is 2.82. The van der Waals surface area contributed by atoms with Gasteiger partial charge in [-0.2, -0.15) is 0 Å². The minimum atomic E-state index is -3.79. The highest BCUT2D eigenvalue weighted by Crippen LogP contribution is 2.18. The summed E-state index contributed by atoms with van der Waals surface area (Å²) in [6, 6.07) is 20.9. The molecule has 3 aromatic rings. The molecule has 3 rings (SSSR count). The zero-order chi connectivity index (χ0) is 20.1. The number of amides is 1. The summed E-state index contributed by atoms with van der Waals surface area (Å²) in [7, 11) is -3.79. The van der Waals surface area contributed by atoms with Gasteiger partial charge in [0.15, 0.2) is 0 Å². The molecule has 3 aromatic carbocycles. The van der Waals surface area contributed by atoms with Crippen molar-refractivity contribution in [2.75, 3.05) is 4.72 Å². The third-order valence-corrected chi connectivity index (χ3v) is 5.63. The lowest BCUT2D eigenvalue weighted by Gasteiger charge is -2.10. The van der Waals surface area contributed by atoms with E-state index in [2.05, 4.69) is 10.0 Å². The molecule has 0 fully saturated rings. The second kappa shape index (κ2) is 8.27. The maximum absolute atomic E-state index is 12.7. The fraction of sp³-hybridized carbons (Fsp3) is 0.136. The van der Waals surface area contributed by atoms with Gasteiger partial charge in [0.2, 0.25) is 0 Å². The van der Waals surface area contributed by atoms with Crippen LogP contribution in [0.25, 0.3) is 0 Å². The van der Waals surface area contributed by atoms with E-state index in [9.17, 15) is 13.2 Å². The molecular formula is C22H22N2O3S. The highest BCUT2D eigenvalue weighted by Gasteiger charge is 2.16. The summed E-state index contributed by atoms with van der Waals surface area (Å²) in [5.41, 5.74) is 3.84. The van der Waals surface area contributed by atoms with Gasteiger partial charge in [-0.1, -0.05) is 48.0 Å². The van der Waals surface area contributed by atoms with E-state index in [0.717, 1.165) is 16.7 Å². The normalized spacial score (nSPS) is 11.1. The van der Waals surface area contributed by atoms with Crippen molar-refractivity contribution in [1.29, 1.82) is 0 Å². The third-order valence-electron chi connectivity index (χ3n) is 4.25. The van der Waals surface area contributed by atoms with E-state index < -0.39 is 10.0 Å². The summed E-state index contributed by atoms with van der Waals surface area (Å²) in [4.78, 5) is 12.5. The number of benzene rings is 3. The van der Waals surface area contributed by atoms with Crippen molar-refractivity contribution in [2.45, 2.75) is 25.3 Å². The molecule has 28 heavy (non-hydrogen) atoms. The number of aryl methyl sites for hydroxylation is 2. The number of nitrogens with one attached hydrogen (secondary N) is 2. The van der Waals surface area contributed by atoms with Crippen LogP contribution in [0.3, 0.4) is 0 Å². The van der Waals surface area contributed by atoms with E-state index in [0.29, 0.717) is 17.8 Å². The van der Waals surface area contributed by atoms with Crippen molar-refractivity contribution >= 4 is 21.6 Å². The average Bonchev–Trinajstić information content (AvgIpc) is 2.67. The molecule has 5 nitrogen and oxygen atoms in total. The van der Waals surface area contributed by atoms with Gasteiger partial charge >= 0.3 is 0 Å². The lowest BCUT2D eigenvalue weighted by atomic mass is 10.1. The fourth-order valence-corrected chi connectivity index (χ4v) is 3.81. The van der Waals surface area contributed by atoms with Crippen molar-refractivity contribution in [1.82, 2.24) is 5.32 Å². The van der Waals surface area contributed by atoms with Crippen molar-refractivity contribution in [2.24, 2.45) is 0 Å². The van der Waals surface area contributed by atoms with Crippen LogP contribution < -0.4 is 10.0 Å². The zero-order valence-corrected chi connectivity index (χ0v) is 16.6. The average molecular weight is 394 g/mol. The first kappa shape index (κ1) is 19.6.